The minimum absolute atomic E-state index is 0.0699. The second kappa shape index (κ2) is 5.47. The average molecular weight is 287 g/mol. The highest BCUT2D eigenvalue weighted by atomic mass is 16.6. The number of H-pyrrole nitrogens is 1. The fourth-order valence-corrected chi connectivity index (χ4v) is 2.22. The predicted molar refractivity (Wildman–Crippen MR) is 77.6 cm³/mol. The quantitative estimate of drug-likeness (QED) is 0.905. The van der Waals surface area contributed by atoms with Crippen molar-refractivity contribution < 1.29 is 14.3 Å². The van der Waals surface area contributed by atoms with Gasteiger partial charge in [-0.1, -0.05) is 0 Å². The van der Waals surface area contributed by atoms with Crippen molar-refractivity contribution >= 4 is 5.91 Å². The monoisotopic (exact) mass is 287 g/mol. The number of nitrogens with zero attached hydrogens (tertiary/aromatic N) is 1. The zero-order valence-corrected chi connectivity index (χ0v) is 12.0. The van der Waals surface area contributed by atoms with E-state index in [1.165, 1.54) is 6.20 Å². The molecule has 0 atom stereocenters. The van der Waals surface area contributed by atoms with Crippen LogP contribution in [0.5, 0.6) is 11.5 Å². The van der Waals surface area contributed by atoms with Crippen LogP contribution >= 0.6 is 0 Å². The van der Waals surface area contributed by atoms with Gasteiger partial charge in [-0.2, -0.15) is 5.10 Å². The zero-order valence-electron chi connectivity index (χ0n) is 12.0. The van der Waals surface area contributed by atoms with Gasteiger partial charge in [0.2, 0.25) is 0 Å². The molecule has 0 spiro atoms. The highest BCUT2D eigenvalue weighted by Gasteiger charge is 2.18. The maximum absolute atomic E-state index is 12.2. The molecule has 0 saturated heterocycles. The minimum Gasteiger partial charge on any atom is -0.486 e. The first-order valence-electron chi connectivity index (χ1n) is 6.89. The van der Waals surface area contributed by atoms with Gasteiger partial charge in [0.25, 0.3) is 5.91 Å². The molecule has 0 saturated carbocycles. The Morgan fingerprint density at radius 3 is 2.81 bits per heavy atom. The number of fused-ring (bicyclic) bond motifs is 1. The molecule has 1 amide bonds. The van der Waals surface area contributed by atoms with E-state index in [9.17, 15) is 4.79 Å². The molecule has 0 aliphatic carbocycles. The molecule has 21 heavy (non-hydrogen) atoms. The fourth-order valence-electron chi connectivity index (χ4n) is 2.22. The Hall–Kier alpha value is -2.50. The molecule has 2 N–H and O–H groups in total. The van der Waals surface area contributed by atoms with Gasteiger partial charge in [0, 0.05) is 11.6 Å². The zero-order chi connectivity index (χ0) is 14.8. The molecule has 1 aromatic heterocycles. The molecular formula is C15H17N3O3. The van der Waals surface area contributed by atoms with Crippen molar-refractivity contribution in [1.82, 2.24) is 15.5 Å². The van der Waals surface area contributed by atoms with Crippen molar-refractivity contribution in [3.63, 3.8) is 0 Å². The third kappa shape index (κ3) is 2.69. The van der Waals surface area contributed by atoms with Gasteiger partial charge in [-0.3, -0.25) is 9.89 Å². The first-order valence-corrected chi connectivity index (χ1v) is 6.89. The van der Waals surface area contributed by atoms with E-state index in [4.69, 9.17) is 9.47 Å². The number of hydrogen-bond donors (Lipinski definition) is 2. The average Bonchev–Trinajstić information content (AvgIpc) is 2.95. The molecular weight excluding hydrogens is 270 g/mol. The summed E-state index contributed by atoms with van der Waals surface area (Å²) in [6, 6.07) is 5.65. The van der Waals surface area contributed by atoms with Crippen molar-refractivity contribution in [2.45, 2.75) is 19.9 Å². The van der Waals surface area contributed by atoms with Crippen molar-refractivity contribution in [3.8, 4) is 22.8 Å². The summed E-state index contributed by atoms with van der Waals surface area (Å²) in [6.45, 7) is 4.92. The number of aromatic nitrogens is 2. The molecule has 3 rings (SSSR count). The van der Waals surface area contributed by atoms with Crippen LogP contribution < -0.4 is 14.8 Å². The van der Waals surface area contributed by atoms with E-state index in [1.807, 2.05) is 32.0 Å². The Balaban J connectivity index is 1.94. The number of aromatic amines is 1. The SMILES string of the molecule is CC(C)NC(=O)c1cn[nH]c1-c1ccc2c(c1)OCCO2. The lowest BCUT2D eigenvalue weighted by atomic mass is 10.1. The predicted octanol–water partition coefficient (Wildman–Crippen LogP) is 1.99. The molecule has 1 aliphatic heterocycles. The molecule has 1 aromatic carbocycles. The molecule has 0 fully saturated rings. The van der Waals surface area contributed by atoms with Crippen molar-refractivity contribution in [2.24, 2.45) is 0 Å². The van der Waals surface area contributed by atoms with Gasteiger partial charge in [-0.05, 0) is 32.0 Å². The number of hydrogen-bond acceptors (Lipinski definition) is 4. The summed E-state index contributed by atoms with van der Waals surface area (Å²) in [5.41, 5.74) is 2.02. The number of carbonyl (C=O) groups is 1. The summed E-state index contributed by atoms with van der Waals surface area (Å²) < 4.78 is 11.1. The molecule has 6 nitrogen and oxygen atoms in total. The Morgan fingerprint density at radius 1 is 1.29 bits per heavy atom. The van der Waals surface area contributed by atoms with Crippen LogP contribution in [0, 0.1) is 0 Å². The summed E-state index contributed by atoms with van der Waals surface area (Å²) >= 11 is 0. The second-order valence-electron chi connectivity index (χ2n) is 5.15. The van der Waals surface area contributed by atoms with E-state index in [0.717, 1.165) is 11.3 Å². The second-order valence-corrected chi connectivity index (χ2v) is 5.15. The molecule has 110 valence electrons. The van der Waals surface area contributed by atoms with Crippen LogP contribution in [-0.2, 0) is 0 Å². The Morgan fingerprint density at radius 2 is 2.05 bits per heavy atom. The van der Waals surface area contributed by atoms with Crippen molar-refractivity contribution in [2.75, 3.05) is 13.2 Å². The molecule has 0 unspecified atom stereocenters. The van der Waals surface area contributed by atoms with Crippen LogP contribution in [0.2, 0.25) is 0 Å². The smallest absolute Gasteiger partial charge is 0.255 e. The van der Waals surface area contributed by atoms with Crippen LogP contribution in [0.3, 0.4) is 0 Å². The van der Waals surface area contributed by atoms with Gasteiger partial charge in [0.15, 0.2) is 11.5 Å². The normalized spacial score (nSPS) is 13.3. The van der Waals surface area contributed by atoms with Crippen molar-refractivity contribution in [1.29, 1.82) is 0 Å². The van der Waals surface area contributed by atoms with Gasteiger partial charge in [0.1, 0.15) is 13.2 Å². The van der Waals surface area contributed by atoms with E-state index < -0.39 is 0 Å². The third-order valence-electron chi connectivity index (χ3n) is 3.13. The van der Waals surface area contributed by atoms with Gasteiger partial charge in [-0.25, -0.2) is 0 Å². The Kier molecular flexibility index (Phi) is 3.51. The lowest BCUT2D eigenvalue weighted by molar-refractivity contribution is 0.0944. The van der Waals surface area contributed by atoms with Gasteiger partial charge < -0.3 is 14.8 Å². The number of benzene rings is 1. The highest BCUT2D eigenvalue weighted by molar-refractivity contribution is 6.00. The lowest BCUT2D eigenvalue weighted by Crippen LogP contribution is -2.30. The molecule has 2 aromatic rings. The summed E-state index contributed by atoms with van der Waals surface area (Å²) in [6.07, 6.45) is 1.53. The number of nitrogens with one attached hydrogen (secondary N) is 2. The summed E-state index contributed by atoms with van der Waals surface area (Å²) in [7, 11) is 0. The van der Waals surface area contributed by atoms with E-state index >= 15 is 0 Å². The fraction of sp³-hybridized carbons (Fsp3) is 0.333. The molecule has 2 heterocycles. The third-order valence-corrected chi connectivity index (χ3v) is 3.13. The maximum Gasteiger partial charge on any atom is 0.255 e. The highest BCUT2D eigenvalue weighted by Crippen LogP contribution is 2.34. The first kappa shape index (κ1) is 13.5. The summed E-state index contributed by atoms with van der Waals surface area (Å²) in [4.78, 5) is 12.2. The summed E-state index contributed by atoms with van der Waals surface area (Å²) in [5.74, 6) is 1.25. The standard InChI is InChI=1S/C15H17N3O3/c1-9(2)17-15(19)11-8-16-18-14(11)10-3-4-12-13(7-10)21-6-5-20-12/h3-4,7-9H,5-6H2,1-2H3,(H,16,18)(H,17,19). The topological polar surface area (TPSA) is 76.2 Å². The minimum atomic E-state index is -0.149. The maximum atomic E-state index is 12.2. The van der Waals surface area contributed by atoms with Gasteiger partial charge >= 0.3 is 0 Å². The number of rotatable bonds is 3. The lowest BCUT2D eigenvalue weighted by Gasteiger charge is -2.18. The summed E-state index contributed by atoms with van der Waals surface area (Å²) in [5, 5.41) is 9.72. The van der Waals surface area contributed by atoms with Crippen LogP contribution in [0.1, 0.15) is 24.2 Å². The molecule has 0 radical (unpaired) electrons. The van der Waals surface area contributed by atoms with Crippen LogP contribution in [0.15, 0.2) is 24.4 Å². The molecule has 6 heteroatoms. The molecule has 1 aliphatic rings. The van der Waals surface area contributed by atoms with E-state index in [2.05, 4.69) is 15.5 Å². The first-order chi connectivity index (χ1) is 10.1. The number of ether oxygens (including phenoxy) is 2. The number of carbonyl (C=O) groups excluding carboxylic acids is 1. The Bertz CT molecular complexity index is 664. The Labute approximate surface area is 122 Å². The van der Waals surface area contributed by atoms with Gasteiger partial charge in [0.05, 0.1) is 17.5 Å². The van der Waals surface area contributed by atoms with Crippen LogP contribution in [0.4, 0.5) is 0 Å². The molecule has 0 bridgehead atoms. The van der Waals surface area contributed by atoms with E-state index in [-0.39, 0.29) is 11.9 Å². The largest absolute Gasteiger partial charge is 0.486 e. The van der Waals surface area contributed by atoms with Crippen molar-refractivity contribution in [3.05, 3.63) is 30.0 Å². The van der Waals surface area contributed by atoms with Crippen LogP contribution in [-0.4, -0.2) is 35.4 Å². The van der Waals surface area contributed by atoms with E-state index in [0.29, 0.717) is 30.2 Å². The van der Waals surface area contributed by atoms with Crippen LogP contribution in [0.25, 0.3) is 11.3 Å². The van der Waals surface area contributed by atoms with Gasteiger partial charge in [-0.15, -0.1) is 0 Å². The van der Waals surface area contributed by atoms with E-state index in [1.54, 1.807) is 0 Å². The number of amides is 1.